The molecule has 0 spiro atoms. The normalized spacial score (nSPS) is 10.7. The number of hydrogen-bond acceptors (Lipinski definition) is 5. The average molecular weight is 335 g/mol. The molecular formula is C16H19F2N5O. The second kappa shape index (κ2) is 8.30. The van der Waals surface area contributed by atoms with Gasteiger partial charge in [0.2, 0.25) is 0 Å². The molecule has 128 valence electrons. The SMILES string of the molecule is CN(C)CCCNc1cnc(C(=O)Nc2c(F)cccc2F)cn1. The summed E-state index contributed by atoms with van der Waals surface area (Å²) in [6.07, 6.45) is 3.59. The molecule has 1 amide bonds. The Labute approximate surface area is 138 Å². The fourth-order valence-electron chi connectivity index (χ4n) is 1.94. The maximum absolute atomic E-state index is 13.5. The largest absolute Gasteiger partial charge is 0.369 e. The number of para-hydroxylation sites is 1. The van der Waals surface area contributed by atoms with Crippen LogP contribution in [0.3, 0.4) is 0 Å². The number of anilines is 2. The highest BCUT2D eigenvalue weighted by Crippen LogP contribution is 2.18. The molecule has 0 saturated carbocycles. The standard InChI is InChI=1S/C16H19F2N5O/c1-23(2)8-4-7-19-14-10-20-13(9-21-14)16(24)22-15-11(17)5-3-6-12(15)18/h3,5-6,9-10H,4,7-8H2,1-2H3,(H,19,21)(H,22,24). The van der Waals surface area contributed by atoms with Gasteiger partial charge in [0.15, 0.2) is 0 Å². The van der Waals surface area contributed by atoms with Crippen LogP contribution in [0.5, 0.6) is 0 Å². The molecule has 0 bridgehead atoms. The summed E-state index contributed by atoms with van der Waals surface area (Å²) in [7, 11) is 3.98. The van der Waals surface area contributed by atoms with Crippen LogP contribution in [0.25, 0.3) is 0 Å². The molecule has 1 aromatic heterocycles. The van der Waals surface area contributed by atoms with Crippen LogP contribution < -0.4 is 10.6 Å². The Morgan fingerprint density at radius 3 is 2.46 bits per heavy atom. The smallest absolute Gasteiger partial charge is 0.276 e. The van der Waals surface area contributed by atoms with Gasteiger partial charge in [0.1, 0.15) is 28.8 Å². The maximum atomic E-state index is 13.5. The molecule has 0 fully saturated rings. The molecule has 2 N–H and O–H groups in total. The van der Waals surface area contributed by atoms with Crippen molar-refractivity contribution in [1.82, 2.24) is 14.9 Å². The third-order valence-electron chi connectivity index (χ3n) is 3.17. The van der Waals surface area contributed by atoms with Crippen LogP contribution in [0.1, 0.15) is 16.9 Å². The molecule has 6 nitrogen and oxygen atoms in total. The monoisotopic (exact) mass is 335 g/mol. The summed E-state index contributed by atoms with van der Waals surface area (Å²) < 4.78 is 27.0. The van der Waals surface area contributed by atoms with Gasteiger partial charge in [0.25, 0.3) is 5.91 Å². The first-order valence-corrected chi connectivity index (χ1v) is 7.43. The lowest BCUT2D eigenvalue weighted by Gasteiger charge is -2.10. The minimum atomic E-state index is -0.851. The number of nitrogens with one attached hydrogen (secondary N) is 2. The van der Waals surface area contributed by atoms with Crippen LogP contribution in [-0.2, 0) is 0 Å². The number of amides is 1. The molecule has 2 rings (SSSR count). The number of carbonyl (C=O) groups excluding carboxylic acids is 1. The van der Waals surface area contributed by atoms with Crippen molar-refractivity contribution < 1.29 is 13.6 Å². The zero-order chi connectivity index (χ0) is 17.5. The molecule has 24 heavy (non-hydrogen) atoms. The van der Waals surface area contributed by atoms with Crippen LogP contribution >= 0.6 is 0 Å². The summed E-state index contributed by atoms with van der Waals surface area (Å²) in [5, 5.41) is 5.24. The van der Waals surface area contributed by atoms with Gasteiger partial charge in [-0.2, -0.15) is 0 Å². The van der Waals surface area contributed by atoms with Crippen LogP contribution in [0, 0.1) is 11.6 Å². The Kier molecular flexibility index (Phi) is 6.14. The summed E-state index contributed by atoms with van der Waals surface area (Å²) in [6.45, 7) is 1.66. The predicted octanol–water partition coefficient (Wildman–Crippen LogP) is 2.37. The number of halogens is 2. The molecule has 0 radical (unpaired) electrons. The number of nitrogens with zero attached hydrogens (tertiary/aromatic N) is 3. The van der Waals surface area contributed by atoms with Crippen molar-refractivity contribution in [1.29, 1.82) is 0 Å². The van der Waals surface area contributed by atoms with Crippen molar-refractivity contribution in [3.8, 4) is 0 Å². The molecule has 0 atom stereocenters. The summed E-state index contributed by atoms with van der Waals surface area (Å²) in [6, 6.07) is 3.34. The van der Waals surface area contributed by atoms with Crippen molar-refractivity contribution in [2.45, 2.75) is 6.42 Å². The summed E-state index contributed by atoms with van der Waals surface area (Å²) in [4.78, 5) is 22.1. The van der Waals surface area contributed by atoms with E-state index in [9.17, 15) is 13.6 Å². The van der Waals surface area contributed by atoms with Crippen LogP contribution in [0.15, 0.2) is 30.6 Å². The zero-order valence-electron chi connectivity index (χ0n) is 13.5. The minimum Gasteiger partial charge on any atom is -0.369 e. The lowest BCUT2D eigenvalue weighted by atomic mass is 10.3. The molecule has 0 aliphatic heterocycles. The van der Waals surface area contributed by atoms with Crippen molar-refractivity contribution in [3.63, 3.8) is 0 Å². The lowest BCUT2D eigenvalue weighted by Crippen LogP contribution is -2.18. The van der Waals surface area contributed by atoms with Gasteiger partial charge < -0.3 is 15.5 Å². The van der Waals surface area contributed by atoms with Crippen molar-refractivity contribution in [2.75, 3.05) is 37.8 Å². The van der Waals surface area contributed by atoms with E-state index in [4.69, 9.17) is 0 Å². The van der Waals surface area contributed by atoms with E-state index in [2.05, 4.69) is 25.5 Å². The van der Waals surface area contributed by atoms with Gasteiger partial charge in [-0.3, -0.25) is 4.79 Å². The average Bonchev–Trinajstić information content (AvgIpc) is 2.55. The number of carbonyl (C=O) groups is 1. The lowest BCUT2D eigenvalue weighted by molar-refractivity contribution is 0.102. The van der Waals surface area contributed by atoms with E-state index in [0.717, 1.165) is 31.6 Å². The van der Waals surface area contributed by atoms with Crippen LogP contribution in [-0.4, -0.2) is 48.0 Å². The number of aromatic nitrogens is 2. The summed E-state index contributed by atoms with van der Waals surface area (Å²) in [5.74, 6) is -1.90. The van der Waals surface area contributed by atoms with Crippen LogP contribution in [0.4, 0.5) is 20.3 Å². The van der Waals surface area contributed by atoms with Gasteiger partial charge in [-0.05, 0) is 39.2 Å². The minimum absolute atomic E-state index is 0.0310. The van der Waals surface area contributed by atoms with Crippen molar-refractivity contribution in [3.05, 3.63) is 47.9 Å². The second-order valence-electron chi connectivity index (χ2n) is 5.42. The zero-order valence-corrected chi connectivity index (χ0v) is 13.5. The molecular weight excluding hydrogens is 316 g/mol. The third kappa shape index (κ3) is 4.95. The van der Waals surface area contributed by atoms with E-state index >= 15 is 0 Å². The van der Waals surface area contributed by atoms with Gasteiger partial charge in [-0.15, -0.1) is 0 Å². The Balaban J connectivity index is 1.94. The number of benzene rings is 1. The van der Waals surface area contributed by atoms with E-state index in [1.54, 1.807) is 0 Å². The molecule has 0 unspecified atom stereocenters. The summed E-state index contributed by atoms with van der Waals surface area (Å²) in [5.41, 5.74) is -0.535. The Hall–Kier alpha value is -2.61. The molecule has 0 saturated heterocycles. The van der Waals surface area contributed by atoms with Crippen molar-refractivity contribution in [2.24, 2.45) is 0 Å². The first kappa shape index (κ1) is 17.7. The molecule has 1 aromatic carbocycles. The predicted molar refractivity (Wildman–Crippen MR) is 88.0 cm³/mol. The van der Waals surface area contributed by atoms with Gasteiger partial charge in [-0.1, -0.05) is 6.07 Å². The Bertz CT molecular complexity index is 671. The highest BCUT2D eigenvalue weighted by Gasteiger charge is 2.14. The third-order valence-corrected chi connectivity index (χ3v) is 3.17. The molecule has 0 aliphatic carbocycles. The van der Waals surface area contributed by atoms with Gasteiger partial charge >= 0.3 is 0 Å². The quantitative estimate of drug-likeness (QED) is 0.760. The topological polar surface area (TPSA) is 70.2 Å². The summed E-state index contributed by atoms with van der Waals surface area (Å²) >= 11 is 0. The first-order valence-electron chi connectivity index (χ1n) is 7.43. The Morgan fingerprint density at radius 2 is 1.88 bits per heavy atom. The second-order valence-corrected chi connectivity index (χ2v) is 5.42. The van der Waals surface area contributed by atoms with Gasteiger partial charge in [0, 0.05) is 6.54 Å². The van der Waals surface area contributed by atoms with Gasteiger partial charge in [-0.25, -0.2) is 18.7 Å². The number of rotatable bonds is 7. The first-order chi connectivity index (χ1) is 11.5. The van der Waals surface area contributed by atoms with E-state index in [1.807, 2.05) is 14.1 Å². The molecule has 1 heterocycles. The molecule has 8 heteroatoms. The van der Waals surface area contributed by atoms with Crippen molar-refractivity contribution >= 4 is 17.4 Å². The highest BCUT2D eigenvalue weighted by atomic mass is 19.1. The number of hydrogen-bond donors (Lipinski definition) is 2. The van der Waals surface area contributed by atoms with Gasteiger partial charge in [0.05, 0.1) is 12.4 Å². The fraction of sp³-hybridized carbons (Fsp3) is 0.312. The van der Waals surface area contributed by atoms with E-state index in [0.29, 0.717) is 5.82 Å². The van der Waals surface area contributed by atoms with E-state index in [-0.39, 0.29) is 5.69 Å². The maximum Gasteiger partial charge on any atom is 0.276 e. The molecule has 0 aliphatic rings. The highest BCUT2D eigenvalue weighted by molar-refractivity contribution is 6.02. The fourth-order valence-corrected chi connectivity index (χ4v) is 1.94. The Morgan fingerprint density at radius 1 is 1.17 bits per heavy atom. The molecule has 2 aromatic rings. The van der Waals surface area contributed by atoms with E-state index in [1.165, 1.54) is 18.5 Å². The van der Waals surface area contributed by atoms with Crippen LogP contribution in [0.2, 0.25) is 0 Å². The van der Waals surface area contributed by atoms with E-state index < -0.39 is 23.2 Å².